The number of anilines is 1. The minimum Gasteiger partial charge on any atom is -0.449 e. The number of halogens is 2. The van der Waals surface area contributed by atoms with Gasteiger partial charge in [-0.25, -0.2) is 4.79 Å². The van der Waals surface area contributed by atoms with Crippen LogP contribution < -0.4 is 4.90 Å². The van der Waals surface area contributed by atoms with Crippen LogP contribution in [0.25, 0.3) is 0 Å². The third kappa shape index (κ3) is 3.51. The molecule has 2 aromatic rings. The maximum Gasteiger partial charge on any atom is 0.338 e. The van der Waals surface area contributed by atoms with Crippen LogP contribution in [0.2, 0.25) is 10.0 Å². The monoisotopic (exact) mass is 377 g/mol. The number of amides is 1. The van der Waals surface area contributed by atoms with Gasteiger partial charge < -0.3 is 9.64 Å². The summed E-state index contributed by atoms with van der Waals surface area (Å²) in [4.78, 5) is 26.8. The van der Waals surface area contributed by atoms with E-state index in [1.807, 2.05) is 31.2 Å². The molecular weight excluding hydrogens is 361 g/mol. The second-order valence-corrected chi connectivity index (χ2v) is 6.88. The van der Waals surface area contributed by atoms with Crippen molar-refractivity contribution in [3.8, 4) is 0 Å². The molecule has 4 nitrogen and oxygen atoms in total. The molecule has 0 spiro atoms. The van der Waals surface area contributed by atoms with Gasteiger partial charge >= 0.3 is 5.97 Å². The lowest BCUT2D eigenvalue weighted by molar-refractivity contribution is -0.126. The van der Waals surface area contributed by atoms with Crippen molar-refractivity contribution in [1.82, 2.24) is 0 Å². The van der Waals surface area contributed by atoms with Crippen molar-refractivity contribution in [3.05, 3.63) is 63.6 Å². The van der Waals surface area contributed by atoms with Crippen LogP contribution in [0.3, 0.4) is 0 Å². The molecule has 1 aliphatic heterocycles. The number of para-hydroxylation sites is 1. The van der Waals surface area contributed by atoms with Crippen molar-refractivity contribution in [1.29, 1.82) is 0 Å². The molecule has 1 amide bonds. The van der Waals surface area contributed by atoms with Crippen LogP contribution >= 0.6 is 23.2 Å². The molecule has 2 aromatic carbocycles. The molecule has 2 atom stereocenters. The summed E-state index contributed by atoms with van der Waals surface area (Å²) in [7, 11) is 0. The van der Waals surface area contributed by atoms with Crippen LogP contribution in [0, 0.1) is 0 Å². The van der Waals surface area contributed by atoms with Gasteiger partial charge in [-0.1, -0.05) is 41.4 Å². The first-order chi connectivity index (χ1) is 11.9. The molecule has 130 valence electrons. The van der Waals surface area contributed by atoms with Gasteiger partial charge in [0.25, 0.3) is 5.91 Å². The predicted octanol–water partition coefficient (Wildman–Crippen LogP) is 4.52. The fourth-order valence-corrected chi connectivity index (χ4v) is 3.30. The molecule has 0 saturated heterocycles. The number of ether oxygens (including phenoxy) is 1. The Hall–Kier alpha value is -2.04. The SMILES string of the molecule is C[C@H](OC(=O)c1ccc(Cl)c(Cl)c1)C(=O)N1c2ccccc2C[C@@H]1C. The third-order valence-corrected chi connectivity index (χ3v) is 4.97. The number of nitrogens with zero attached hydrogens (tertiary/aromatic N) is 1. The Bertz CT molecular complexity index is 837. The van der Waals surface area contributed by atoms with Gasteiger partial charge in [0.1, 0.15) is 0 Å². The molecule has 0 fully saturated rings. The van der Waals surface area contributed by atoms with Crippen molar-refractivity contribution in [2.75, 3.05) is 4.90 Å². The lowest BCUT2D eigenvalue weighted by Gasteiger charge is -2.26. The quantitative estimate of drug-likeness (QED) is 0.738. The molecule has 3 rings (SSSR count). The summed E-state index contributed by atoms with van der Waals surface area (Å²) in [6.07, 6.45) is -0.120. The van der Waals surface area contributed by atoms with Crippen LogP contribution in [0.1, 0.15) is 29.8 Å². The van der Waals surface area contributed by atoms with Crippen molar-refractivity contribution < 1.29 is 14.3 Å². The van der Waals surface area contributed by atoms with Gasteiger partial charge in [-0.2, -0.15) is 0 Å². The van der Waals surface area contributed by atoms with Gasteiger partial charge in [-0.05, 0) is 50.1 Å². The van der Waals surface area contributed by atoms with E-state index in [0.29, 0.717) is 5.02 Å². The highest BCUT2D eigenvalue weighted by atomic mass is 35.5. The first-order valence-electron chi connectivity index (χ1n) is 7.95. The molecule has 1 heterocycles. The Morgan fingerprint density at radius 3 is 2.60 bits per heavy atom. The van der Waals surface area contributed by atoms with E-state index >= 15 is 0 Å². The minimum atomic E-state index is -0.907. The van der Waals surface area contributed by atoms with Crippen molar-refractivity contribution in [3.63, 3.8) is 0 Å². The summed E-state index contributed by atoms with van der Waals surface area (Å²) < 4.78 is 5.34. The van der Waals surface area contributed by atoms with Crippen molar-refractivity contribution in [2.45, 2.75) is 32.4 Å². The van der Waals surface area contributed by atoms with E-state index in [0.717, 1.165) is 17.7 Å². The number of carbonyl (C=O) groups is 2. The van der Waals surface area contributed by atoms with Crippen molar-refractivity contribution in [2.24, 2.45) is 0 Å². The Labute approximate surface area is 156 Å². The van der Waals surface area contributed by atoms with Gasteiger partial charge in [-0.15, -0.1) is 0 Å². The average Bonchev–Trinajstić information content (AvgIpc) is 2.92. The van der Waals surface area contributed by atoms with E-state index in [2.05, 4.69) is 0 Å². The highest BCUT2D eigenvalue weighted by Crippen LogP contribution is 2.32. The van der Waals surface area contributed by atoms with Gasteiger partial charge in [0.15, 0.2) is 6.10 Å². The summed E-state index contributed by atoms with van der Waals surface area (Å²) >= 11 is 11.8. The maximum absolute atomic E-state index is 12.8. The van der Waals surface area contributed by atoms with E-state index in [1.165, 1.54) is 18.2 Å². The second-order valence-electron chi connectivity index (χ2n) is 6.07. The molecule has 0 bridgehead atoms. The summed E-state index contributed by atoms with van der Waals surface area (Å²) in [5.74, 6) is -0.856. The Balaban J connectivity index is 1.75. The molecule has 6 heteroatoms. The first kappa shape index (κ1) is 17.8. The van der Waals surface area contributed by atoms with Crippen LogP contribution in [0.4, 0.5) is 5.69 Å². The zero-order valence-corrected chi connectivity index (χ0v) is 15.3. The summed E-state index contributed by atoms with van der Waals surface area (Å²) in [5, 5.41) is 0.613. The van der Waals surface area contributed by atoms with Gasteiger partial charge in [0.05, 0.1) is 15.6 Å². The lowest BCUT2D eigenvalue weighted by Crippen LogP contribution is -2.43. The van der Waals surface area contributed by atoms with E-state index in [-0.39, 0.29) is 22.5 Å². The number of esters is 1. The summed E-state index contributed by atoms with van der Waals surface area (Å²) in [5.41, 5.74) is 2.24. The fraction of sp³-hybridized carbons (Fsp3) is 0.263. The Morgan fingerprint density at radius 1 is 1.16 bits per heavy atom. The molecule has 0 aromatic heterocycles. The first-order valence-corrected chi connectivity index (χ1v) is 8.71. The zero-order chi connectivity index (χ0) is 18.1. The van der Waals surface area contributed by atoms with Crippen LogP contribution in [0.15, 0.2) is 42.5 Å². The number of carbonyl (C=O) groups excluding carboxylic acids is 2. The van der Waals surface area contributed by atoms with E-state index < -0.39 is 12.1 Å². The standard InChI is InChI=1S/C19H17Cl2NO3/c1-11-9-13-5-3-4-6-17(13)22(11)18(23)12(2)25-19(24)14-7-8-15(20)16(21)10-14/h3-8,10-12H,9H2,1-2H3/t11-,12-/m0/s1. The van der Waals surface area contributed by atoms with Crippen molar-refractivity contribution >= 4 is 40.8 Å². The van der Waals surface area contributed by atoms with Gasteiger partial charge in [0.2, 0.25) is 0 Å². The highest BCUT2D eigenvalue weighted by molar-refractivity contribution is 6.42. The molecule has 0 radical (unpaired) electrons. The van der Waals surface area contributed by atoms with E-state index in [1.54, 1.807) is 11.8 Å². The predicted molar refractivity (Wildman–Crippen MR) is 98.4 cm³/mol. The molecule has 25 heavy (non-hydrogen) atoms. The molecule has 0 unspecified atom stereocenters. The maximum atomic E-state index is 12.8. The fourth-order valence-electron chi connectivity index (χ4n) is 3.00. The molecule has 1 aliphatic rings. The largest absolute Gasteiger partial charge is 0.449 e. The topological polar surface area (TPSA) is 46.6 Å². The number of hydrogen-bond donors (Lipinski definition) is 0. The second kappa shape index (κ2) is 7.06. The molecular formula is C19H17Cl2NO3. The number of rotatable bonds is 3. The number of fused-ring (bicyclic) bond motifs is 1. The molecule has 0 saturated carbocycles. The molecule has 0 N–H and O–H groups in total. The van der Waals surface area contributed by atoms with E-state index in [4.69, 9.17) is 27.9 Å². The van der Waals surface area contributed by atoms with Crippen LogP contribution in [-0.2, 0) is 16.0 Å². The van der Waals surface area contributed by atoms with Crippen LogP contribution in [-0.4, -0.2) is 24.0 Å². The average molecular weight is 378 g/mol. The normalized spacial score (nSPS) is 17.1. The summed E-state index contributed by atoms with van der Waals surface area (Å²) in [6, 6.07) is 12.2. The number of benzene rings is 2. The zero-order valence-electron chi connectivity index (χ0n) is 13.8. The highest BCUT2D eigenvalue weighted by Gasteiger charge is 2.34. The Morgan fingerprint density at radius 2 is 1.88 bits per heavy atom. The lowest BCUT2D eigenvalue weighted by atomic mass is 10.1. The van der Waals surface area contributed by atoms with Crippen LogP contribution in [0.5, 0.6) is 0 Å². The molecule has 0 aliphatic carbocycles. The minimum absolute atomic E-state index is 0.0241. The van der Waals surface area contributed by atoms with Gasteiger partial charge in [-0.3, -0.25) is 4.79 Å². The Kier molecular flexibility index (Phi) is 5.02. The van der Waals surface area contributed by atoms with Gasteiger partial charge in [0, 0.05) is 11.7 Å². The van der Waals surface area contributed by atoms with E-state index in [9.17, 15) is 9.59 Å². The smallest absolute Gasteiger partial charge is 0.338 e. The summed E-state index contributed by atoms with van der Waals surface area (Å²) in [6.45, 7) is 3.55. The number of hydrogen-bond acceptors (Lipinski definition) is 3. The third-order valence-electron chi connectivity index (χ3n) is 4.23.